The van der Waals surface area contributed by atoms with E-state index in [2.05, 4.69) is 0 Å². The third kappa shape index (κ3) is 2.56. The molecule has 0 unspecified atom stereocenters. The third-order valence-electron chi connectivity index (χ3n) is 0.0430. The van der Waals surface area contributed by atoms with Crippen molar-refractivity contribution in [3.63, 3.8) is 0 Å². The molecule has 0 heterocycles. The van der Waals surface area contributed by atoms with E-state index in [4.69, 9.17) is 4.46 Å². The normalized spacial score (nSPS) is 5.00. The van der Waals surface area contributed by atoms with Crippen LogP contribution in [-0.2, 0) is 26.7 Å². The third-order valence-corrected chi connectivity index (χ3v) is 1.06. The van der Waals surface area contributed by atoms with Gasteiger partial charge in [0, 0.05) is 0 Å². The van der Waals surface area contributed by atoms with Crippen LogP contribution in [0, 0.1) is 0 Å². The van der Waals surface area contributed by atoms with Crippen LogP contribution in [0.15, 0.2) is 0 Å². The van der Waals surface area contributed by atoms with Gasteiger partial charge in [-0.3, -0.25) is 0 Å². The van der Waals surface area contributed by atoms with Gasteiger partial charge in [0.1, 0.15) is 0 Å². The molecule has 0 rings (SSSR count). The molecule has 4 heteroatoms. The first-order chi connectivity index (χ1) is 1.91. The molecule has 0 aliphatic rings. The second-order valence-electron chi connectivity index (χ2n) is 0.211. The van der Waals surface area contributed by atoms with E-state index in [9.17, 15) is 3.25 Å². The van der Waals surface area contributed by atoms with Gasteiger partial charge in [-0.25, -0.2) is 0 Å². The van der Waals surface area contributed by atoms with Crippen LogP contribution in [0.5, 0.6) is 0 Å². The molecule has 0 atom stereocenters. The molecule has 2 nitrogen and oxygen atoms in total. The van der Waals surface area contributed by atoms with Gasteiger partial charge in [0.2, 0.25) is 0 Å². The molecule has 0 bridgehead atoms. The topological polar surface area (TPSA) is 34.1 Å². The van der Waals surface area contributed by atoms with E-state index in [1.165, 1.54) is 0 Å². The van der Waals surface area contributed by atoms with Crippen molar-refractivity contribution in [2.45, 2.75) is 0 Å². The van der Waals surface area contributed by atoms with Crippen LogP contribution >= 0.6 is 0 Å². The van der Waals surface area contributed by atoms with Crippen molar-refractivity contribution in [2.24, 2.45) is 0 Å². The fraction of sp³-hybridized carbons (Fsp3) is 0. The van der Waals surface area contributed by atoms with E-state index in [1.54, 1.807) is 0 Å². The summed E-state index contributed by atoms with van der Waals surface area (Å²) >= 11 is -1.57. The van der Waals surface area contributed by atoms with E-state index in [0.29, 0.717) is 0 Å². The SMILES string of the molecule is O=[SiH][Ta]=[O]. The van der Waals surface area contributed by atoms with E-state index in [1.807, 2.05) is 0 Å². The first kappa shape index (κ1) is 4.56. The van der Waals surface area contributed by atoms with Gasteiger partial charge >= 0.3 is 33.8 Å². The second-order valence-corrected chi connectivity index (χ2v) is 5.18. The van der Waals surface area contributed by atoms with Crippen LogP contribution in [0.2, 0.25) is 0 Å². The number of rotatable bonds is 1. The summed E-state index contributed by atoms with van der Waals surface area (Å²) in [6.45, 7) is 0. The van der Waals surface area contributed by atoms with Crippen LogP contribution in [0.4, 0.5) is 0 Å². The van der Waals surface area contributed by atoms with Crippen molar-refractivity contribution in [2.75, 3.05) is 0 Å². The van der Waals surface area contributed by atoms with Crippen molar-refractivity contribution in [1.29, 1.82) is 0 Å². The van der Waals surface area contributed by atoms with Crippen LogP contribution in [0.3, 0.4) is 0 Å². The van der Waals surface area contributed by atoms with Crippen LogP contribution in [0.25, 0.3) is 0 Å². The molecular formula is HO2SiTa. The average molecular weight is 242 g/mol. The minimum atomic E-state index is -1.57. The zero-order valence-corrected chi connectivity index (χ0v) is 6.21. The fourth-order valence-corrected chi connectivity index (χ4v) is 0. The van der Waals surface area contributed by atoms with E-state index in [-0.39, 0.29) is 0 Å². The van der Waals surface area contributed by atoms with Crippen LogP contribution in [-0.4, -0.2) is 7.16 Å². The summed E-state index contributed by atoms with van der Waals surface area (Å²) in [6, 6.07) is 0. The molecule has 0 aromatic rings. The summed E-state index contributed by atoms with van der Waals surface area (Å²) in [6.07, 6.45) is 0. The molecule has 4 heavy (non-hydrogen) atoms. The Labute approximate surface area is 34.3 Å². The molecular weight excluding hydrogens is 241 g/mol. The van der Waals surface area contributed by atoms with Gasteiger partial charge in [0.15, 0.2) is 0 Å². The van der Waals surface area contributed by atoms with E-state index < -0.39 is 26.1 Å². The molecule has 0 saturated heterocycles. The molecule has 0 aromatic heterocycles. The monoisotopic (exact) mass is 242 g/mol. The van der Waals surface area contributed by atoms with Gasteiger partial charge in [0.25, 0.3) is 0 Å². The van der Waals surface area contributed by atoms with E-state index >= 15 is 0 Å². The van der Waals surface area contributed by atoms with Gasteiger partial charge in [-0.2, -0.15) is 0 Å². The average Bonchev–Trinajstić information content (AvgIpc) is 1.37. The van der Waals surface area contributed by atoms with Gasteiger partial charge in [-0.1, -0.05) is 0 Å². The Kier molecular flexibility index (Phi) is 4.05. The molecule has 0 amide bonds. The summed E-state index contributed by atoms with van der Waals surface area (Å²) < 4.78 is 18.4. The van der Waals surface area contributed by atoms with Crippen molar-refractivity contribution in [1.82, 2.24) is 0 Å². The van der Waals surface area contributed by atoms with Crippen molar-refractivity contribution in [3.8, 4) is 0 Å². The molecule has 22 valence electrons. The molecule has 0 N–H and O–H groups in total. The van der Waals surface area contributed by atoms with Gasteiger partial charge in [-0.05, 0) is 0 Å². The quantitative estimate of drug-likeness (QED) is 0.559. The first-order valence-electron chi connectivity index (χ1n) is 0.676. The maximum absolute atomic E-state index is 9.20. The van der Waals surface area contributed by atoms with Crippen LogP contribution in [0.1, 0.15) is 0 Å². The van der Waals surface area contributed by atoms with E-state index in [0.717, 1.165) is 0 Å². The Balaban J connectivity index is 2.73. The minimum absolute atomic E-state index is 0.843. The Morgan fingerprint density at radius 2 is 2.00 bits per heavy atom. The predicted molar refractivity (Wildman–Crippen MR) is 8.52 cm³/mol. The Morgan fingerprint density at radius 1 is 1.75 bits per heavy atom. The first-order valence-corrected chi connectivity index (χ1v) is 8.54. The molecule has 0 fully saturated rings. The summed E-state index contributed by atoms with van der Waals surface area (Å²) in [5, 5.41) is 0. The van der Waals surface area contributed by atoms with Gasteiger partial charge < -0.3 is 0 Å². The molecule has 0 aliphatic carbocycles. The standard InChI is InChI=1S/HOSi.O.Ta/c1-2;;/h2H;;. The van der Waals surface area contributed by atoms with Crippen molar-refractivity contribution >= 4 is 7.16 Å². The van der Waals surface area contributed by atoms with Gasteiger partial charge in [-0.15, -0.1) is 0 Å². The second kappa shape index (κ2) is 3.56. The van der Waals surface area contributed by atoms with Crippen molar-refractivity contribution < 1.29 is 26.7 Å². The summed E-state index contributed by atoms with van der Waals surface area (Å²) in [4.78, 5) is 0. The maximum atomic E-state index is 9.20. The molecule has 0 spiro atoms. The summed E-state index contributed by atoms with van der Waals surface area (Å²) in [5.74, 6) is 0. The Bertz CT molecular complexity index is 27.0. The zero-order valence-electron chi connectivity index (χ0n) is 1.84. The molecule has 0 radical (unpaired) electrons. The van der Waals surface area contributed by atoms with Crippen LogP contribution < -0.4 is 0 Å². The Hall–Kier alpha value is 0.557. The fourth-order valence-electron chi connectivity index (χ4n) is 0. The number of hydrogen-bond donors (Lipinski definition) is 0. The summed E-state index contributed by atoms with van der Waals surface area (Å²) in [5.41, 5.74) is 0. The molecule has 0 aliphatic heterocycles. The summed E-state index contributed by atoms with van der Waals surface area (Å²) in [7, 11) is -0.843. The van der Waals surface area contributed by atoms with Gasteiger partial charge in [0.05, 0.1) is 0 Å². The Morgan fingerprint density at radius 3 is 2.00 bits per heavy atom. The zero-order chi connectivity index (χ0) is 3.41. The predicted octanol–water partition coefficient (Wildman–Crippen LogP) is -0.889. The molecule has 0 saturated carbocycles. The van der Waals surface area contributed by atoms with Crippen molar-refractivity contribution in [3.05, 3.63) is 0 Å². The number of hydrogen-bond acceptors (Lipinski definition) is 2. The molecule has 0 aromatic carbocycles.